The average molecular weight is 200 g/mol. The molecule has 11 heavy (non-hydrogen) atoms. The van der Waals surface area contributed by atoms with Crippen molar-refractivity contribution in [3.63, 3.8) is 0 Å². The van der Waals surface area contributed by atoms with Crippen LogP contribution >= 0.6 is 0 Å². The molecule has 0 bridgehead atoms. The largest absolute Gasteiger partial charge is 0.252 e. The lowest BCUT2D eigenvalue weighted by Gasteiger charge is -1.96. The van der Waals surface area contributed by atoms with Gasteiger partial charge in [-0.15, -0.1) is 0 Å². The minimum Gasteiger partial charge on any atom is -0.252 e. The number of hydrogen-bond acceptors (Lipinski definition) is 3. The van der Waals surface area contributed by atoms with Gasteiger partial charge in [0.1, 0.15) is 0 Å². The molecule has 0 aliphatic carbocycles. The molecule has 1 atom stereocenters. The van der Waals surface area contributed by atoms with Crippen LogP contribution in [0.25, 0.3) is 0 Å². The number of sulfonamides is 1. The summed E-state index contributed by atoms with van der Waals surface area (Å²) >= 11 is 0. The monoisotopic (exact) mass is 200 g/mol. The van der Waals surface area contributed by atoms with Crippen molar-refractivity contribution in [1.82, 2.24) is 0 Å². The first-order chi connectivity index (χ1) is 4.92. The van der Waals surface area contributed by atoms with Gasteiger partial charge in [0.25, 0.3) is 0 Å². The summed E-state index contributed by atoms with van der Waals surface area (Å²) in [5, 5.41) is 9.65. The van der Waals surface area contributed by atoms with E-state index in [1.54, 1.807) is 0 Å². The van der Waals surface area contributed by atoms with E-state index >= 15 is 0 Å². The summed E-state index contributed by atoms with van der Waals surface area (Å²) in [6.45, 7) is 0. The van der Waals surface area contributed by atoms with E-state index < -0.39 is 21.0 Å². The van der Waals surface area contributed by atoms with E-state index in [9.17, 15) is 12.6 Å². The van der Waals surface area contributed by atoms with Crippen LogP contribution in [0.2, 0.25) is 0 Å². The second-order valence-corrected chi connectivity index (χ2v) is 5.06. The number of nitrogens with two attached hydrogens (primary N) is 2. The van der Waals surface area contributed by atoms with Gasteiger partial charge < -0.3 is 0 Å². The Morgan fingerprint density at radius 3 is 2.18 bits per heavy atom. The fourth-order valence-electron chi connectivity index (χ4n) is 0.548. The molecule has 7 heteroatoms. The third-order valence-corrected chi connectivity index (χ3v) is 2.57. The van der Waals surface area contributed by atoms with Crippen LogP contribution in [0.3, 0.4) is 0 Å². The number of unbranched alkanes of at least 4 members (excludes halogenated alkanes) is 1. The third kappa shape index (κ3) is 10.0. The van der Waals surface area contributed by atoms with Crippen molar-refractivity contribution < 1.29 is 12.6 Å². The molecule has 5 nitrogen and oxygen atoms in total. The maximum Gasteiger partial charge on any atom is 0.209 e. The molecule has 0 aliphatic heterocycles. The quantitative estimate of drug-likeness (QED) is 0.538. The summed E-state index contributed by atoms with van der Waals surface area (Å²) in [6, 6.07) is 0. The molecule has 0 saturated carbocycles. The van der Waals surface area contributed by atoms with Gasteiger partial charge in [0.2, 0.25) is 10.0 Å². The van der Waals surface area contributed by atoms with E-state index in [2.05, 4.69) is 0 Å². The van der Waals surface area contributed by atoms with E-state index in [-0.39, 0.29) is 5.75 Å². The number of hydrogen-bond donors (Lipinski definition) is 2. The Labute approximate surface area is 68.8 Å². The molecule has 0 amide bonds. The minimum atomic E-state index is -3.36. The van der Waals surface area contributed by atoms with Gasteiger partial charge in [-0.05, 0) is 12.8 Å². The van der Waals surface area contributed by atoms with Crippen molar-refractivity contribution in [2.24, 2.45) is 10.3 Å². The summed E-state index contributed by atoms with van der Waals surface area (Å²) in [5.41, 5.74) is 0. The van der Waals surface area contributed by atoms with Crippen LogP contribution in [-0.2, 0) is 21.0 Å². The molecule has 0 saturated heterocycles. The van der Waals surface area contributed by atoms with Crippen molar-refractivity contribution in [2.75, 3.05) is 11.5 Å². The van der Waals surface area contributed by atoms with Gasteiger partial charge in [-0.2, -0.15) is 0 Å². The lowest BCUT2D eigenvalue weighted by atomic mass is 10.4. The molecule has 68 valence electrons. The van der Waals surface area contributed by atoms with Crippen molar-refractivity contribution in [1.29, 1.82) is 0 Å². The Hall–Kier alpha value is 0.0200. The lowest BCUT2D eigenvalue weighted by Crippen LogP contribution is -2.17. The zero-order valence-corrected chi connectivity index (χ0v) is 7.66. The smallest absolute Gasteiger partial charge is 0.209 e. The molecule has 0 aliphatic rings. The van der Waals surface area contributed by atoms with Crippen molar-refractivity contribution in [2.45, 2.75) is 12.8 Å². The van der Waals surface area contributed by atoms with Crippen LogP contribution in [0.4, 0.5) is 0 Å². The first-order valence-electron chi connectivity index (χ1n) is 3.05. The van der Waals surface area contributed by atoms with E-state index in [1.165, 1.54) is 0 Å². The van der Waals surface area contributed by atoms with Crippen LogP contribution in [0.1, 0.15) is 12.8 Å². The normalized spacial score (nSPS) is 14.7. The van der Waals surface area contributed by atoms with Crippen molar-refractivity contribution >= 4 is 21.0 Å². The number of primary sulfonamides is 1. The Morgan fingerprint density at radius 1 is 1.27 bits per heavy atom. The van der Waals surface area contributed by atoms with E-state index in [0.717, 1.165) is 0 Å². The molecule has 0 radical (unpaired) electrons. The molecule has 4 N–H and O–H groups in total. The SMILES string of the molecule is NS(=O)CCCCS(N)(=O)=O. The highest BCUT2D eigenvalue weighted by Crippen LogP contribution is 1.92. The van der Waals surface area contributed by atoms with Crippen LogP contribution in [0.5, 0.6) is 0 Å². The first kappa shape index (κ1) is 11.0. The zero-order chi connectivity index (χ0) is 8.91. The highest BCUT2D eigenvalue weighted by molar-refractivity contribution is 7.89. The van der Waals surface area contributed by atoms with Gasteiger partial charge in [0.05, 0.1) is 16.7 Å². The van der Waals surface area contributed by atoms with Crippen LogP contribution in [0.15, 0.2) is 0 Å². The Balaban J connectivity index is 3.37. The maximum atomic E-state index is 10.3. The maximum absolute atomic E-state index is 10.3. The predicted octanol–water partition coefficient (Wildman–Crippen LogP) is -1.32. The second-order valence-electron chi connectivity index (χ2n) is 2.16. The molecule has 0 rings (SSSR count). The summed E-state index contributed by atoms with van der Waals surface area (Å²) < 4.78 is 31.0. The summed E-state index contributed by atoms with van der Waals surface area (Å²) in [6.07, 6.45) is 0.946. The highest BCUT2D eigenvalue weighted by Gasteiger charge is 2.01. The summed E-state index contributed by atoms with van der Waals surface area (Å²) in [7, 11) is -4.69. The summed E-state index contributed by atoms with van der Waals surface area (Å²) in [5.74, 6) is 0.264. The standard InChI is InChI=1S/C4H12N2O3S2/c5-10(7)3-1-2-4-11(6,8)9/h1-5H2,(H2,6,8,9). The van der Waals surface area contributed by atoms with Crippen LogP contribution in [-0.4, -0.2) is 24.1 Å². The van der Waals surface area contributed by atoms with Gasteiger partial charge in [0.15, 0.2) is 0 Å². The van der Waals surface area contributed by atoms with Gasteiger partial charge in [-0.3, -0.25) is 5.14 Å². The van der Waals surface area contributed by atoms with Gasteiger partial charge in [0, 0.05) is 5.75 Å². The van der Waals surface area contributed by atoms with E-state index in [1.807, 2.05) is 0 Å². The van der Waals surface area contributed by atoms with E-state index in [0.29, 0.717) is 18.6 Å². The molecular formula is C4H12N2O3S2. The van der Waals surface area contributed by atoms with Crippen molar-refractivity contribution in [3.05, 3.63) is 0 Å². The third-order valence-electron chi connectivity index (χ3n) is 1.02. The zero-order valence-electron chi connectivity index (χ0n) is 6.02. The Kier molecular flexibility index (Phi) is 4.82. The molecule has 0 heterocycles. The molecule has 1 unspecified atom stereocenters. The first-order valence-corrected chi connectivity index (χ1v) is 6.15. The minimum absolute atomic E-state index is 0.0653. The number of rotatable bonds is 5. The average Bonchev–Trinajstić information content (AvgIpc) is 1.78. The van der Waals surface area contributed by atoms with Crippen LogP contribution < -0.4 is 10.3 Å². The Morgan fingerprint density at radius 2 is 1.82 bits per heavy atom. The fourth-order valence-corrected chi connectivity index (χ4v) is 1.64. The molecule has 0 aromatic rings. The highest BCUT2D eigenvalue weighted by atomic mass is 32.2. The summed E-state index contributed by atoms with van der Waals surface area (Å²) in [4.78, 5) is 0. The fraction of sp³-hybridized carbons (Fsp3) is 1.00. The molecule has 0 fully saturated rings. The predicted molar refractivity (Wildman–Crippen MR) is 44.4 cm³/mol. The molecular weight excluding hydrogens is 188 g/mol. The topological polar surface area (TPSA) is 103 Å². The second kappa shape index (κ2) is 4.81. The Bertz CT molecular complexity index is 223. The van der Waals surface area contributed by atoms with Gasteiger partial charge in [-0.25, -0.2) is 17.8 Å². The van der Waals surface area contributed by atoms with Crippen molar-refractivity contribution in [3.8, 4) is 0 Å². The van der Waals surface area contributed by atoms with Gasteiger partial charge in [-0.1, -0.05) is 0 Å². The van der Waals surface area contributed by atoms with Gasteiger partial charge >= 0.3 is 0 Å². The van der Waals surface area contributed by atoms with E-state index in [4.69, 9.17) is 10.3 Å². The molecule has 0 aromatic carbocycles. The molecule has 0 spiro atoms. The lowest BCUT2D eigenvalue weighted by molar-refractivity contribution is 0.594. The molecule has 0 aromatic heterocycles. The van der Waals surface area contributed by atoms with Crippen LogP contribution in [0, 0.1) is 0 Å².